The van der Waals surface area contributed by atoms with Crippen LogP contribution in [0.5, 0.6) is 0 Å². The Kier molecular flexibility index (Phi) is 5.16. The lowest BCUT2D eigenvalue weighted by Gasteiger charge is -2.20. The highest BCUT2D eigenvalue weighted by Gasteiger charge is 2.18. The molecule has 3 nitrogen and oxygen atoms in total. The van der Waals surface area contributed by atoms with Crippen molar-refractivity contribution in [3.05, 3.63) is 108 Å². The number of fused-ring (bicyclic) bond motifs is 1. The number of aryl methyl sites for hydroxylation is 1. The second-order valence-corrected chi connectivity index (χ2v) is 7.04. The molecule has 0 saturated heterocycles. The van der Waals surface area contributed by atoms with Gasteiger partial charge in [0.15, 0.2) is 5.78 Å². The smallest absolute Gasteiger partial charge is 0.165 e. The third-order valence-corrected chi connectivity index (χ3v) is 4.94. The van der Waals surface area contributed by atoms with Crippen LogP contribution < -0.4 is 5.32 Å². The molecule has 0 aliphatic carbocycles. The number of nitrogens with one attached hydrogen (secondary N) is 1. The van der Waals surface area contributed by atoms with E-state index in [2.05, 4.69) is 40.6 Å². The Morgan fingerprint density at radius 2 is 1.71 bits per heavy atom. The minimum absolute atomic E-state index is 0.113. The van der Waals surface area contributed by atoms with E-state index >= 15 is 0 Å². The molecule has 0 aliphatic rings. The highest BCUT2D eigenvalue weighted by Crippen LogP contribution is 2.26. The van der Waals surface area contributed by atoms with Crippen LogP contribution in [0.25, 0.3) is 10.8 Å². The molecule has 4 rings (SSSR count). The van der Waals surface area contributed by atoms with Crippen LogP contribution in [0.15, 0.2) is 91.3 Å². The van der Waals surface area contributed by atoms with Crippen molar-refractivity contribution >= 4 is 22.2 Å². The monoisotopic (exact) mass is 366 g/mol. The van der Waals surface area contributed by atoms with Gasteiger partial charge in [-0.05, 0) is 41.5 Å². The minimum atomic E-state index is -0.149. The van der Waals surface area contributed by atoms with E-state index in [1.54, 1.807) is 6.20 Å². The van der Waals surface area contributed by atoms with Gasteiger partial charge in [-0.25, -0.2) is 0 Å². The van der Waals surface area contributed by atoms with E-state index in [0.29, 0.717) is 6.42 Å². The lowest BCUT2D eigenvalue weighted by atomic mass is 9.98. The molecule has 0 amide bonds. The third kappa shape index (κ3) is 4.09. The van der Waals surface area contributed by atoms with Crippen molar-refractivity contribution in [3.8, 4) is 0 Å². The number of aromatic nitrogens is 1. The first-order valence-corrected chi connectivity index (χ1v) is 9.44. The molecule has 1 N–H and O–H groups in total. The van der Waals surface area contributed by atoms with Crippen LogP contribution >= 0.6 is 0 Å². The summed E-state index contributed by atoms with van der Waals surface area (Å²) in [5, 5.41) is 5.90. The van der Waals surface area contributed by atoms with E-state index in [0.717, 1.165) is 22.4 Å². The number of rotatable bonds is 6. The number of carbonyl (C=O) groups is 1. The molecule has 0 spiro atoms. The van der Waals surface area contributed by atoms with E-state index in [1.165, 1.54) is 10.8 Å². The Labute approximate surface area is 165 Å². The molecule has 0 radical (unpaired) electrons. The van der Waals surface area contributed by atoms with Gasteiger partial charge in [-0.2, -0.15) is 0 Å². The van der Waals surface area contributed by atoms with E-state index in [9.17, 15) is 4.79 Å². The first-order valence-electron chi connectivity index (χ1n) is 9.44. The van der Waals surface area contributed by atoms with Crippen molar-refractivity contribution in [3.63, 3.8) is 0 Å². The van der Waals surface area contributed by atoms with Gasteiger partial charge in [0.05, 0.1) is 6.04 Å². The minimum Gasteiger partial charge on any atom is -0.378 e. The zero-order valence-corrected chi connectivity index (χ0v) is 15.8. The normalized spacial score (nSPS) is 11.9. The number of ketones is 1. The van der Waals surface area contributed by atoms with Crippen molar-refractivity contribution in [2.45, 2.75) is 19.4 Å². The van der Waals surface area contributed by atoms with Crippen molar-refractivity contribution < 1.29 is 4.79 Å². The van der Waals surface area contributed by atoms with Gasteiger partial charge in [0.2, 0.25) is 0 Å². The number of pyridine rings is 1. The summed E-state index contributed by atoms with van der Waals surface area (Å²) >= 11 is 0. The Morgan fingerprint density at radius 1 is 0.929 bits per heavy atom. The van der Waals surface area contributed by atoms with Gasteiger partial charge in [0, 0.05) is 30.1 Å². The molecule has 0 saturated carbocycles. The van der Waals surface area contributed by atoms with Gasteiger partial charge < -0.3 is 5.32 Å². The van der Waals surface area contributed by atoms with Crippen molar-refractivity contribution in [2.75, 3.05) is 5.32 Å². The summed E-state index contributed by atoms with van der Waals surface area (Å²) in [6.07, 6.45) is 3.93. The van der Waals surface area contributed by atoms with Crippen molar-refractivity contribution in [1.29, 1.82) is 0 Å². The van der Waals surface area contributed by atoms with Crippen LogP contribution in [0, 0.1) is 6.92 Å². The number of Topliss-reactive ketones (excluding diaryl/α,β-unsaturated/α-hetero) is 1. The number of benzene rings is 3. The fraction of sp³-hybridized carbons (Fsp3) is 0.120. The molecular weight excluding hydrogens is 344 g/mol. The Balaban J connectivity index is 1.61. The van der Waals surface area contributed by atoms with Crippen LogP contribution in [-0.4, -0.2) is 10.8 Å². The topological polar surface area (TPSA) is 42.0 Å². The summed E-state index contributed by atoms with van der Waals surface area (Å²) in [4.78, 5) is 17.1. The summed E-state index contributed by atoms with van der Waals surface area (Å²) < 4.78 is 0. The quantitative estimate of drug-likeness (QED) is 0.428. The van der Waals surface area contributed by atoms with E-state index in [-0.39, 0.29) is 11.8 Å². The Morgan fingerprint density at radius 3 is 2.46 bits per heavy atom. The first kappa shape index (κ1) is 17.9. The van der Waals surface area contributed by atoms with Crippen molar-refractivity contribution in [2.24, 2.45) is 0 Å². The van der Waals surface area contributed by atoms with Crippen LogP contribution in [0.1, 0.15) is 33.9 Å². The summed E-state index contributed by atoms with van der Waals surface area (Å²) in [7, 11) is 0. The molecule has 1 heterocycles. The molecular formula is C25H22N2O. The summed E-state index contributed by atoms with van der Waals surface area (Å²) in [6.45, 7) is 2.02. The largest absolute Gasteiger partial charge is 0.378 e. The second kappa shape index (κ2) is 8.05. The van der Waals surface area contributed by atoms with Gasteiger partial charge in [-0.15, -0.1) is 0 Å². The predicted octanol–water partition coefficient (Wildman–Crippen LogP) is 5.97. The standard InChI is InChI=1S/C25H22N2O/c1-18-8-10-20(11-9-18)25(28)16-24(22-7-4-14-26-17-22)27-23-13-12-19-5-2-3-6-21(19)15-23/h2-15,17,24,27H,16H2,1H3/t24-/m0/s1. The van der Waals surface area contributed by atoms with Crippen LogP contribution in [-0.2, 0) is 0 Å². The fourth-order valence-electron chi connectivity index (χ4n) is 3.36. The highest BCUT2D eigenvalue weighted by atomic mass is 16.1. The maximum absolute atomic E-state index is 12.9. The van der Waals surface area contributed by atoms with Crippen LogP contribution in [0.4, 0.5) is 5.69 Å². The van der Waals surface area contributed by atoms with Crippen molar-refractivity contribution in [1.82, 2.24) is 4.98 Å². The molecule has 0 aliphatic heterocycles. The second-order valence-electron chi connectivity index (χ2n) is 7.04. The number of nitrogens with zero attached hydrogens (tertiary/aromatic N) is 1. The molecule has 0 fully saturated rings. The van der Waals surface area contributed by atoms with Gasteiger partial charge in [-0.3, -0.25) is 9.78 Å². The SMILES string of the molecule is Cc1ccc(C(=O)C[C@H](Nc2ccc3ccccc3c2)c2cccnc2)cc1. The lowest BCUT2D eigenvalue weighted by molar-refractivity contribution is 0.0976. The Bertz CT molecular complexity index is 1090. The summed E-state index contributed by atoms with van der Waals surface area (Å²) in [6, 6.07) is 26.0. The molecule has 3 aromatic carbocycles. The maximum Gasteiger partial charge on any atom is 0.165 e. The molecule has 1 aromatic heterocycles. The van der Waals surface area contributed by atoms with Crippen LogP contribution in [0.3, 0.4) is 0 Å². The summed E-state index contributed by atoms with van der Waals surface area (Å²) in [5.41, 5.74) is 3.87. The van der Waals surface area contributed by atoms with E-state index in [1.807, 2.05) is 61.7 Å². The molecule has 0 unspecified atom stereocenters. The van der Waals surface area contributed by atoms with Gasteiger partial charge in [-0.1, -0.05) is 66.2 Å². The molecule has 138 valence electrons. The van der Waals surface area contributed by atoms with Gasteiger partial charge >= 0.3 is 0 Å². The molecule has 3 heteroatoms. The molecule has 0 bridgehead atoms. The van der Waals surface area contributed by atoms with E-state index < -0.39 is 0 Å². The maximum atomic E-state index is 12.9. The molecule has 4 aromatic rings. The average molecular weight is 366 g/mol. The molecule has 1 atom stereocenters. The zero-order valence-electron chi connectivity index (χ0n) is 15.8. The lowest BCUT2D eigenvalue weighted by Crippen LogP contribution is -2.16. The summed E-state index contributed by atoms with van der Waals surface area (Å²) in [5.74, 6) is 0.113. The van der Waals surface area contributed by atoms with Crippen LogP contribution in [0.2, 0.25) is 0 Å². The van der Waals surface area contributed by atoms with Gasteiger partial charge in [0.25, 0.3) is 0 Å². The third-order valence-electron chi connectivity index (χ3n) is 4.94. The predicted molar refractivity (Wildman–Crippen MR) is 115 cm³/mol. The fourth-order valence-corrected chi connectivity index (χ4v) is 3.36. The molecule has 28 heavy (non-hydrogen) atoms. The number of hydrogen-bond donors (Lipinski definition) is 1. The zero-order chi connectivity index (χ0) is 19.3. The highest BCUT2D eigenvalue weighted by molar-refractivity contribution is 5.96. The number of hydrogen-bond acceptors (Lipinski definition) is 3. The first-order chi connectivity index (χ1) is 13.7. The number of anilines is 1. The Hall–Kier alpha value is -3.46. The van der Waals surface area contributed by atoms with Gasteiger partial charge in [0.1, 0.15) is 0 Å². The number of carbonyl (C=O) groups excluding carboxylic acids is 1. The van der Waals surface area contributed by atoms with E-state index in [4.69, 9.17) is 0 Å². The average Bonchev–Trinajstić information content (AvgIpc) is 2.74.